The lowest BCUT2D eigenvalue weighted by molar-refractivity contribution is -0.0853. The quantitative estimate of drug-likeness (QED) is 0.787. The van der Waals surface area contributed by atoms with Crippen LogP contribution in [0.5, 0.6) is 5.75 Å². The second kappa shape index (κ2) is 7.00. The summed E-state index contributed by atoms with van der Waals surface area (Å²) in [5.74, 6) is 2.29. The minimum absolute atomic E-state index is 0.0204. The highest BCUT2D eigenvalue weighted by atomic mass is 32.2. The van der Waals surface area contributed by atoms with Gasteiger partial charge in [0.15, 0.2) is 0 Å². The first-order chi connectivity index (χ1) is 12.2. The van der Waals surface area contributed by atoms with Gasteiger partial charge in [-0.1, -0.05) is 40.5 Å². The van der Waals surface area contributed by atoms with Gasteiger partial charge in [0.1, 0.15) is 5.75 Å². The fourth-order valence-corrected chi connectivity index (χ4v) is 7.74. The smallest absolute Gasteiger partial charge is 0.118 e. The van der Waals surface area contributed by atoms with Gasteiger partial charge in [-0.05, 0) is 66.0 Å². The van der Waals surface area contributed by atoms with Crippen LogP contribution in [0.3, 0.4) is 0 Å². The minimum Gasteiger partial charge on any atom is -0.508 e. The van der Waals surface area contributed by atoms with Crippen molar-refractivity contribution in [2.45, 2.75) is 64.7 Å². The molecular formula is C22H31NO2S. The van der Waals surface area contributed by atoms with E-state index in [1.54, 1.807) is 12.1 Å². The van der Waals surface area contributed by atoms with E-state index in [0.717, 1.165) is 0 Å². The molecular weight excluding hydrogens is 342 g/mol. The second-order valence-corrected chi connectivity index (χ2v) is 10.9. The van der Waals surface area contributed by atoms with Crippen LogP contribution >= 0.6 is 0 Å². The fourth-order valence-electron chi connectivity index (χ4n) is 6.00. The summed E-state index contributed by atoms with van der Waals surface area (Å²) in [5, 5.41) is 19.0. The molecule has 3 nitrogen and oxygen atoms in total. The molecule has 2 fully saturated rings. The molecule has 3 rings (SSSR count). The van der Waals surface area contributed by atoms with Crippen molar-refractivity contribution in [3.05, 3.63) is 23.8 Å². The van der Waals surface area contributed by atoms with Crippen molar-refractivity contribution in [2.24, 2.45) is 28.6 Å². The van der Waals surface area contributed by atoms with Gasteiger partial charge in [0.2, 0.25) is 0 Å². The lowest BCUT2D eigenvalue weighted by Gasteiger charge is -2.59. The van der Waals surface area contributed by atoms with E-state index >= 15 is 0 Å². The van der Waals surface area contributed by atoms with E-state index in [9.17, 15) is 9.32 Å². The zero-order valence-corrected chi connectivity index (χ0v) is 17.2. The van der Waals surface area contributed by atoms with E-state index in [4.69, 9.17) is 5.26 Å². The molecule has 0 heterocycles. The Kier molecular flexibility index (Phi) is 5.23. The van der Waals surface area contributed by atoms with E-state index in [0.29, 0.717) is 39.4 Å². The topological polar surface area (TPSA) is 61.1 Å². The van der Waals surface area contributed by atoms with Crippen molar-refractivity contribution in [1.82, 2.24) is 0 Å². The number of hydrogen-bond acceptors (Lipinski definition) is 3. The Hall–Kier alpha value is -1.34. The number of nitriles is 1. The molecule has 142 valence electrons. The van der Waals surface area contributed by atoms with Crippen molar-refractivity contribution in [3.63, 3.8) is 0 Å². The summed E-state index contributed by atoms with van der Waals surface area (Å²) >= 11 is 0. The van der Waals surface area contributed by atoms with Gasteiger partial charge in [-0.15, -0.1) is 0 Å². The van der Waals surface area contributed by atoms with Gasteiger partial charge < -0.3 is 5.11 Å². The van der Waals surface area contributed by atoms with Crippen LogP contribution in [0.25, 0.3) is 0 Å². The predicted octanol–water partition coefficient (Wildman–Crippen LogP) is 5.25. The van der Waals surface area contributed by atoms with Crippen LogP contribution in [-0.2, 0) is 10.8 Å². The summed E-state index contributed by atoms with van der Waals surface area (Å²) in [7, 11) is -1.20. The normalized spacial score (nSPS) is 34.5. The Bertz CT molecular complexity index is 751. The first-order valence-corrected chi connectivity index (χ1v) is 11.1. The molecule has 1 N–H and O–H groups in total. The van der Waals surface area contributed by atoms with Crippen LogP contribution in [0, 0.1) is 39.9 Å². The standard InChI is InChI=1S/C22H31NO2S/c1-15-6-7-20-21(2,3)8-5-9-22(20,4)19(15)14-26(25)18-11-16(13-23)10-17(24)12-18/h10-12,15,19-20,24H,5-9,14H2,1-4H3. The maximum atomic E-state index is 13.1. The molecule has 26 heavy (non-hydrogen) atoms. The number of phenols is 1. The van der Waals surface area contributed by atoms with Crippen LogP contribution in [0.4, 0.5) is 0 Å². The first kappa shape index (κ1) is 19.4. The van der Waals surface area contributed by atoms with Crippen LogP contribution < -0.4 is 0 Å². The van der Waals surface area contributed by atoms with Gasteiger partial charge in [0.25, 0.3) is 0 Å². The van der Waals surface area contributed by atoms with Gasteiger partial charge in [-0.2, -0.15) is 5.26 Å². The molecule has 5 atom stereocenters. The van der Waals surface area contributed by atoms with E-state index in [1.165, 1.54) is 38.2 Å². The highest BCUT2D eigenvalue weighted by Gasteiger charge is 2.53. The molecule has 0 amide bonds. The van der Waals surface area contributed by atoms with E-state index in [1.807, 2.05) is 6.07 Å². The molecule has 1 aromatic rings. The monoisotopic (exact) mass is 373 g/mol. The second-order valence-electron chi connectivity index (χ2n) is 9.40. The van der Waals surface area contributed by atoms with Crippen molar-refractivity contribution < 1.29 is 9.32 Å². The highest BCUT2D eigenvalue weighted by molar-refractivity contribution is 7.85. The molecule has 2 saturated carbocycles. The molecule has 2 aliphatic carbocycles. The number of benzene rings is 1. The van der Waals surface area contributed by atoms with E-state index < -0.39 is 10.8 Å². The Labute approximate surface area is 160 Å². The number of fused-ring (bicyclic) bond motifs is 1. The molecule has 2 aliphatic rings. The summed E-state index contributed by atoms with van der Waals surface area (Å²) in [5.41, 5.74) is 0.948. The van der Waals surface area contributed by atoms with E-state index in [2.05, 4.69) is 27.7 Å². The lowest BCUT2D eigenvalue weighted by Crippen LogP contribution is -2.52. The number of rotatable bonds is 3. The van der Waals surface area contributed by atoms with Crippen LogP contribution in [-0.4, -0.2) is 15.1 Å². The average Bonchev–Trinajstić information content (AvgIpc) is 2.56. The number of nitrogens with zero attached hydrogens (tertiary/aromatic N) is 1. The molecule has 0 spiro atoms. The molecule has 0 radical (unpaired) electrons. The van der Waals surface area contributed by atoms with Gasteiger partial charge in [0.05, 0.1) is 22.4 Å². The lowest BCUT2D eigenvalue weighted by atomic mass is 9.47. The van der Waals surface area contributed by atoms with E-state index in [-0.39, 0.29) is 11.2 Å². The van der Waals surface area contributed by atoms with Gasteiger partial charge in [-0.25, -0.2) is 0 Å². The predicted molar refractivity (Wildman–Crippen MR) is 105 cm³/mol. The summed E-state index contributed by atoms with van der Waals surface area (Å²) in [4.78, 5) is 0.578. The SMILES string of the molecule is CC1CCC2C(C)(C)CCCC2(C)C1CS(=O)c1cc(O)cc(C#N)c1. The summed E-state index contributed by atoms with van der Waals surface area (Å²) < 4.78 is 13.1. The summed E-state index contributed by atoms with van der Waals surface area (Å²) in [6, 6.07) is 6.68. The Morgan fingerprint density at radius 1 is 1.23 bits per heavy atom. The highest BCUT2D eigenvalue weighted by Crippen LogP contribution is 2.61. The van der Waals surface area contributed by atoms with Crippen molar-refractivity contribution >= 4 is 10.8 Å². The molecule has 5 unspecified atom stereocenters. The van der Waals surface area contributed by atoms with Gasteiger partial charge in [0, 0.05) is 10.6 Å². The van der Waals surface area contributed by atoms with Crippen molar-refractivity contribution in [2.75, 3.05) is 5.75 Å². The minimum atomic E-state index is -1.20. The summed E-state index contributed by atoms with van der Waals surface area (Å²) in [6.07, 6.45) is 6.24. The number of phenolic OH excluding ortho intramolecular Hbond substituents is 1. The third-order valence-electron chi connectivity index (χ3n) is 7.33. The van der Waals surface area contributed by atoms with Gasteiger partial charge >= 0.3 is 0 Å². The largest absolute Gasteiger partial charge is 0.508 e. The Morgan fingerprint density at radius 3 is 2.65 bits per heavy atom. The van der Waals surface area contributed by atoms with Gasteiger partial charge in [-0.3, -0.25) is 4.21 Å². The molecule has 0 bridgehead atoms. The first-order valence-electron chi connectivity index (χ1n) is 9.80. The molecule has 0 aliphatic heterocycles. The molecule has 0 saturated heterocycles. The van der Waals surface area contributed by atoms with Crippen LogP contribution in [0.2, 0.25) is 0 Å². The zero-order chi connectivity index (χ0) is 19.1. The van der Waals surface area contributed by atoms with Crippen LogP contribution in [0.15, 0.2) is 23.1 Å². The molecule has 4 heteroatoms. The Balaban J connectivity index is 1.89. The molecule has 1 aromatic carbocycles. The third-order valence-corrected chi connectivity index (χ3v) is 8.76. The maximum absolute atomic E-state index is 13.1. The van der Waals surface area contributed by atoms with Crippen molar-refractivity contribution in [1.29, 1.82) is 5.26 Å². The molecule has 0 aromatic heterocycles. The maximum Gasteiger partial charge on any atom is 0.118 e. The average molecular weight is 374 g/mol. The Morgan fingerprint density at radius 2 is 1.96 bits per heavy atom. The zero-order valence-electron chi connectivity index (χ0n) is 16.4. The van der Waals surface area contributed by atoms with Crippen LogP contribution in [0.1, 0.15) is 65.4 Å². The number of hydrogen-bond donors (Lipinski definition) is 1. The number of aromatic hydroxyl groups is 1. The third kappa shape index (κ3) is 3.43. The van der Waals surface area contributed by atoms with Crippen molar-refractivity contribution in [3.8, 4) is 11.8 Å². The summed E-state index contributed by atoms with van der Waals surface area (Å²) in [6.45, 7) is 9.56. The fraction of sp³-hybridized carbons (Fsp3) is 0.682.